The van der Waals surface area contributed by atoms with Crippen LogP contribution in [0.5, 0.6) is 0 Å². The number of anilines is 1. The number of guanidine groups is 1. The maximum absolute atomic E-state index is 12.6. The van der Waals surface area contributed by atoms with Gasteiger partial charge in [-0.1, -0.05) is 37.5 Å². The fourth-order valence-corrected chi connectivity index (χ4v) is 4.03. The lowest BCUT2D eigenvalue weighted by atomic mass is 9.96. The smallest absolute Gasteiger partial charge is 0.224 e. The van der Waals surface area contributed by atoms with Gasteiger partial charge in [-0.15, -0.1) is 24.0 Å². The Balaban J connectivity index is 0.00000300. The molecule has 1 aliphatic carbocycles. The number of halogens is 1. The van der Waals surface area contributed by atoms with Gasteiger partial charge in [0.05, 0.1) is 6.54 Å². The summed E-state index contributed by atoms with van der Waals surface area (Å²) in [5.41, 5.74) is 1.24. The fraction of sp³-hybridized carbons (Fsp3) is 0.636. The molecule has 29 heavy (non-hydrogen) atoms. The fourth-order valence-electron chi connectivity index (χ4n) is 4.03. The number of amides is 1. The van der Waals surface area contributed by atoms with Crippen molar-refractivity contribution in [1.29, 1.82) is 0 Å². The summed E-state index contributed by atoms with van der Waals surface area (Å²) in [6, 6.07) is 11.0. The monoisotopic (exact) mass is 513 g/mol. The molecule has 1 saturated carbocycles. The van der Waals surface area contributed by atoms with E-state index in [1.165, 1.54) is 37.8 Å². The lowest BCUT2D eigenvalue weighted by Gasteiger charge is -2.36. The Morgan fingerprint density at radius 3 is 2.41 bits per heavy atom. The van der Waals surface area contributed by atoms with Crippen LogP contribution in [0.2, 0.25) is 0 Å². The number of nitrogens with zero attached hydrogens (tertiary/aromatic N) is 3. The third-order valence-electron chi connectivity index (χ3n) is 5.64. The number of benzene rings is 1. The van der Waals surface area contributed by atoms with Crippen LogP contribution in [0.4, 0.5) is 5.69 Å². The zero-order valence-electron chi connectivity index (χ0n) is 17.6. The Labute approximate surface area is 192 Å². The molecule has 7 heteroatoms. The molecule has 1 aliphatic heterocycles. The Hall–Kier alpha value is -1.51. The van der Waals surface area contributed by atoms with E-state index in [0.717, 1.165) is 38.7 Å². The molecule has 1 aromatic rings. The Morgan fingerprint density at radius 1 is 1.07 bits per heavy atom. The largest absolute Gasteiger partial charge is 0.368 e. The van der Waals surface area contributed by atoms with E-state index < -0.39 is 0 Å². The number of aliphatic imine (C=N–C) groups is 1. The summed E-state index contributed by atoms with van der Waals surface area (Å²) in [4.78, 5) is 21.5. The van der Waals surface area contributed by atoms with Crippen molar-refractivity contribution in [3.8, 4) is 0 Å². The van der Waals surface area contributed by atoms with Crippen molar-refractivity contribution in [2.24, 2.45) is 4.99 Å². The summed E-state index contributed by atoms with van der Waals surface area (Å²) in [6.07, 6.45) is 6.85. The molecule has 0 bridgehead atoms. The zero-order valence-corrected chi connectivity index (χ0v) is 19.9. The van der Waals surface area contributed by atoms with Gasteiger partial charge in [0.2, 0.25) is 5.91 Å². The minimum atomic E-state index is 0. The summed E-state index contributed by atoms with van der Waals surface area (Å²) in [7, 11) is 0. The molecule has 2 fully saturated rings. The van der Waals surface area contributed by atoms with Gasteiger partial charge < -0.3 is 20.4 Å². The van der Waals surface area contributed by atoms with Crippen LogP contribution in [0.25, 0.3) is 0 Å². The minimum absolute atomic E-state index is 0. The molecule has 0 unspecified atom stereocenters. The van der Waals surface area contributed by atoms with Gasteiger partial charge in [0.15, 0.2) is 5.96 Å². The highest BCUT2D eigenvalue weighted by Crippen LogP contribution is 2.17. The van der Waals surface area contributed by atoms with Gasteiger partial charge in [0, 0.05) is 50.9 Å². The normalized spacial score (nSPS) is 18.2. The lowest BCUT2D eigenvalue weighted by Crippen LogP contribution is -2.49. The van der Waals surface area contributed by atoms with E-state index in [4.69, 9.17) is 0 Å². The number of carbonyl (C=O) groups is 1. The molecule has 0 aromatic heterocycles. The van der Waals surface area contributed by atoms with Gasteiger partial charge in [0.1, 0.15) is 0 Å². The highest BCUT2D eigenvalue weighted by molar-refractivity contribution is 14.0. The van der Waals surface area contributed by atoms with Crippen molar-refractivity contribution >= 4 is 41.5 Å². The van der Waals surface area contributed by atoms with Crippen molar-refractivity contribution < 1.29 is 4.79 Å². The van der Waals surface area contributed by atoms with Gasteiger partial charge in [0.25, 0.3) is 0 Å². The molecule has 1 saturated heterocycles. The van der Waals surface area contributed by atoms with E-state index >= 15 is 0 Å². The second-order valence-corrected chi connectivity index (χ2v) is 7.69. The standard InChI is InChI=1S/C22H35N5O.HI/c1-2-23-22(25-19-9-5-3-6-10-19)24-14-13-21(28)27-17-15-26(16-18-27)20-11-7-4-8-12-20;/h4,7-8,11-12,19H,2-3,5-6,9-10,13-18H2,1H3,(H2,23,24,25);1H. The minimum Gasteiger partial charge on any atom is -0.368 e. The first-order valence-corrected chi connectivity index (χ1v) is 10.9. The van der Waals surface area contributed by atoms with Crippen molar-refractivity contribution in [3.63, 3.8) is 0 Å². The van der Waals surface area contributed by atoms with Crippen LogP contribution in [0, 0.1) is 0 Å². The van der Waals surface area contributed by atoms with Crippen LogP contribution >= 0.6 is 24.0 Å². The number of piperazine rings is 1. The van der Waals surface area contributed by atoms with Crippen molar-refractivity contribution in [3.05, 3.63) is 30.3 Å². The summed E-state index contributed by atoms with van der Waals surface area (Å²) in [6.45, 7) is 6.83. The highest BCUT2D eigenvalue weighted by atomic mass is 127. The van der Waals surface area contributed by atoms with Crippen LogP contribution in [-0.2, 0) is 4.79 Å². The number of hydrogen-bond acceptors (Lipinski definition) is 3. The predicted octanol–water partition coefficient (Wildman–Crippen LogP) is 3.23. The summed E-state index contributed by atoms with van der Waals surface area (Å²) >= 11 is 0. The number of para-hydroxylation sites is 1. The highest BCUT2D eigenvalue weighted by Gasteiger charge is 2.21. The summed E-state index contributed by atoms with van der Waals surface area (Å²) in [5.74, 6) is 1.07. The quantitative estimate of drug-likeness (QED) is 0.349. The van der Waals surface area contributed by atoms with Gasteiger partial charge in [-0.3, -0.25) is 9.79 Å². The maximum atomic E-state index is 12.6. The first-order valence-electron chi connectivity index (χ1n) is 10.9. The maximum Gasteiger partial charge on any atom is 0.224 e. The Morgan fingerprint density at radius 2 is 1.76 bits per heavy atom. The van der Waals surface area contributed by atoms with E-state index in [-0.39, 0.29) is 29.9 Å². The second-order valence-electron chi connectivity index (χ2n) is 7.69. The SMILES string of the molecule is CCNC(=NCCC(=O)N1CCN(c2ccccc2)CC1)NC1CCCCC1.I. The van der Waals surface area contributed by atoms with Crippen LogP contribution in [0.1, 0.15) is 45.4 Å². The first-order chi connectivity index (χ1) is 13.8. The van der Waals surface area contributed by atoms with Crippen molar-refractivity contribution in [2.75, 3.05) is 44.2 Å². The average molecular weight is 513 g/mol. The topological polar surface area (TPSA) is 60.0 Å². The third kappa shape index (κ3) is 7.68. The number of nitrogens with one attached hydrogen (secondary N) is 2. The van der Waals surface area contributed by atoms with E-state index in [1.807, 2.05) is 11.0 Å². The van der Waals surface area contributed by atoms with Crippen molar-refractivity contribution in [1.82, 2.24) is 15.5 Å². The third-order valence-corrected chi connectivity index (χ3v) is 5.64. The van der Waals surface area contributed by atoms with Gasteiger partial charge in [-0.05, 0) is 31.9 Å². The molecule has 2 aliphatic rings. The van der Waals surface area contributed by atoms with E-state index in [9.17, 15) is 4.79 Å². The van der Waals surface area contributed by atoms with Crippen LogP contribution < -0.4 is 15.5 Å². The molecule has 2 N–H and O–H groups in total. The molecular formula is C22H36IN5O. The number of rotatable bonds is 6. The van der Waals surface area contributed by atoms with Crippen molar-refractivity contribution in [2.45, 2.75) is 51.5 Å². The van der Waals surface area contributed by atoms with Gasteiger partial charge in [-0.25, -0.2) is 0 Å². The van der Waals surface area contributed by atoms with Crippen LogP contribution in [0.15, 0.2) is 35.3 Å². The molecule has 0 radical (unpaired) electrons. The molecule has 6 nitrogen and oxygen atoms in total. The van der Waals surface area contributed by atoms with Gasteiger partial charge in [-0.2, -0.15) is 0 Å². The van der Waals surface area contributed by atoms with Gasteiger partial charge >= 0.3 is 0 Å². The zero-order chi connectivity index (χ0) is 19.6. The first kappa shape index (κ1) is 23.8. The van der Waals surface area contributed by atoms with E-state index in [1.54, 1.807) is 0 Å². The Bertz CT molecular complexity index is 625. The second kappa shape index (κ2) is 12.9. The van der Waals surface area contributed by atoms with Crippen LogP contribution in [0.3, 0.4) is 0 Å². The summed E-state index contributed by atoms with van der Waals surface area (Å²) in [5, 5.41) is 6.86. The molecule has 3 rings (SSSR count). The van der Waals surface area contributed by atoms with E-state index in [2.05, 4.69) is 51.7 Å². The molecule has 1 aromatic carbocycles. The lowest BCUT2D eigenvalue weighted by molar-refractivity contribution is -0.131. The Kier molecular flexibility index (Phi) is 10.6. The summed E-state index contributed by atoms with van der Waals surface area (Å²) < 4.78 is 0. The molecule has 0 spiro atoms. The van der Waals surface area contributed by atoms with Crippen LogP contribution in [-0.4, -0.2) is 62.1 Å². The molecule has 1 amide bonds. The molecule has 1 heterocycles. The number of hydrogen-bond donors (Lipinski definition) is 2. The molecule has 0 atom stereocenters. The molecular weight excluding hydrogens is 477 g/mol. The average Bonchev–Trinajstić information content (AvgIpc) is 2.75. The predicted molar refractivity (Wildman–Crippen MR) is 131 cm³/mol. The van der Waals surface area contributed by atoms with E-state index in [0.29, 0.717) is 19.0 Å². The number of carbonyl (C=O) groups excluding carboxylic acids is 1. The molecule has 162 valence electrons.